The molecule has 0 aromatic heterocycles. The first kappa shape index (κ1) is 8.40. The van der Waals surface area contributed by atoms with E-state index in [1.54, 1.807) is 0 Å². The Morgan fingerprint density at radius 1 is 1.33 bits per heavy atom. The molecule has 1 aliphatic carbocycles. The fraction of sp³-hybridized carbons (Fsp3) is 0.400. The van der Waals surface area contributed by atoms with E-state index in [1.807, 2.05) is 18.2 Å². The van der Waals surface area contributed by atoms with Gasteiger partial charge in [0.05, 0.1) is 0 Å². The van der Waals surface area contributed by atoms with Gasteiger partial charge in [-0.2, -0.15) is 0 Å². The maximum absolute atomic E-state index is 5.90. The van der Waals surface area contributed by atoms with Gasteiger partial charge in [-0.05, 0) is 30.5 Å². The van der Waals surface area contributed by atoms with Crippen LogP contribution in [0.4, 0.5) is 0 Å². The normalized spacial score (nSPS) is 19.2. The molecule has 0 nitrogen and oxygen atoms in total. The van der Waals surface area contributed by atoms with E-state index in [0.717, 1.165) is 5.02 Å². The zero-order valence-electron chi connectivity index (χ0n) is 6.69. The number of rotatable bonds is 2. The van der Waals surface area contributed by atoms with E-state index >= 15 is 0 Å². The molecule has 2 rings (SSSR count). The van der Waals surface area contributed by atoms with E-state index in [4.69, 9.17) is 23.2 Å². The third-order valence-corrected chi connectivity index (χ3v) is 3.29. The molecule has 1 aromatic rings. The van der Waals surface area contributed by atoms with Gasteiger partial charge in [-0.15, -0.1) is 11.6 Å². The zero-order valence-corrected chi connectivity index (χ0v) is 8.20. The molecular formula is C10H10Cl2. The monoisotopic (exact) mass is 200 g/mol. The summed E-state index contributed by atoms with van der Waals surface area (Å²) in [6.07, 6.45) is 2.41. The van der Waals surface area contributed by atoms with E-state index in [2.05, 4.69) is 6.07 Å². The quantitative estimate of drug-likeness (QED) is 0.641. The molecule has 0 atom stereocenters. The molecule has 0 spiro atoms. The van der Waals surface area contributed by atoms with Crippen LogP contribution in [0.5, 0.6) is 0 Å². The summed E-state index contributed by atoms with van der Waals surface area (Å²) in [6, 6.07) is 8.03. The predicted octanol–water partition coefficient (Wildman–Crippen LogP) is 3.61. The van der Waals surface area contributed by atoms with Crippen molar-refractivity contribution in [1.29, 1.82) is 0 Å². The molecule has 1 saturated carbocycles. The van der Waals surface area contributed by atoms with Crippen molar-refractivity contribution in [3.63, 3.8) is 0 Å². The Morgan fingerprint density at radius 3 is 2.58 bits per heavy atom. The molecule has 0 saturated heterocycles. The van der Waals surface area contributed by atoms with E-state index < -0.39 is 0 Å². The highest BCUT2D eigenvalue weighted by Crippen LogP contribution is 2.49. The van der Waals surface area contributed by atoms with Crippen molar-refractivity contribution in [2.45, 2.75) is 18.3 Å². The number of hydrogen-bond acceptors (Lipinski definition) is 0. The molecule has 1 aliphatic rings. The molecular weight excluding hydrogens is 191 g/mol. The molecule has 0 heterocycles. The lowest BCUT2D eigenvalue weighted by molar-refractivity contribution is 0.797. The number of alkyl halides is 1. The molecule has 0 radical (unpaired) electrons. The minimum Gasteiger partial charge on any atom is -0.126 e. The fourth-order valence-corrected chi connectivity index (χ4v) is 2.08. The van der Waals surface area contributed by atoms with Gasteiger partial charge in [0.1, 0.15) is 0 Å². The van der Waals surface area contributed by atoms with Crippen molar-refractivity contribution in [2.75, 3.05) is 5.88 Å². The van der Waals surface area contributed by atoms with Crippen molar-refractivity contribution in [3.05, 3.63) is 34.9 Å². The predicted molar refractivity (Wildman–Crippen MR) is 53.1 cm³/mol. The van der Waals surface area contributed by atoms with Crippen LogP contribution in [0.3, 0.4) is 0 Å². The maximum Gasteiger partial charge on any atom is 0.0408 e. The van der Waals surface area contributed by atoms with Crippen LogP contribution in [0.15, 0.2) is 24.3 Å². The van der Waals surface area contributed by atoms with Crippen LogP contribution in [0.1, 0.15) is 18.4 Å². The lowest BCUT2D eigenvalue weighted by Gasteiger charge is -2.11. The third kappa shape index (κ3) is 1.34. The molecule has 0 unspecified atom stereocenters. The Bertz CT molecular complexity index is 290. The number of halogens is 2. The average Bonchev–Trinajstić information content (AvgIpc) is 2.84. The van der Waals surface area contributed by atoms with Gasteiger partial charge in [-0.3, -0.25) is 0 Å². The van der Waals surface area contributed by atoms with Crippen molar-refractivity contribution < 1.29 is 0 Å². The number of benzene rings is 1. The van der Waals surface area contributed by atoms with Crippen LogP contribution < -0.4 is 0 Å². The Morgan fingerprint density at radius 2 is 2.08 bits per heavy atom. The lowest BCUT2D eigenvalue weighted by atomic mass is 9.98. The lowest BCUT2D eigenvalue weighted by Crippen LogP contribution is -2.07. The van der Waals surface area contributed by atoms with Crippen molar-refractivity contribution in [2.24, 2.45) is 0 Å². The molecule has 1 fully saturated rings. The van der Waals surface area contributed by atoms with Gasteiger partial charge in [-0.1, -0.05) is 23.7 Å². The Labute approximate surface area is 82.5 Å². The molecule has 2 heteroatoms. The molecule has 0 amide bonds. The summed E-state index contributed by atoms with van der Waals surface area (Å²) in [6.45, 7) is 0. The largest absolute Gasteiger partial charge is 0.126 e. The third-order valence-electron chi connectivity index (χ3n) is 2.55. The highest BCUT2D eigenvalue weighted by molar-refractivity contribution is 6.30. The van der Waals surface area contributed by atoms with Crippen molar-refractivity contribution >= 4 is 23.2 Å². The van der Waals surface area contributed by atoms with E-state index in [1.165, 1.54) is 18.4 Å². The van der Waals surface area contributed by atoms with Crippen LogP contribution >= 0.6 is 23.2 Å². The van der Waals surface area contributed by atoms with Gasteiger partial charge in [-0.25, -0.2) is 0 Å². The first-order valence-corrected chi connectivity index (χ1v) is 5.00. The van der Waals surface area contributed by atoms with E-state index in [0.29, 0.717) is 5.88 Å². The maximum atomic E-state index is 5.90. The second-order valence-corrected chi connectivity index (χ2v) is 4.13. The van der Waals surface area contributed by atoms with Gasteiger partial charge in [0.2, 0.25) is 0 Å². The molecule has 0 bridgehead atoms. The van der Waals surface area contributed by atoms with Crippen LogP contribution in [0, 0.1) is 0 Å². The Hall–Kier alpha value is -0.200. The summed E-state index contributed by atoms with van der Waals surface area (Å²) < 4.78 is 0. The molecule has 0 N–H and O–H groups in total. The van der Waals surface area contributed by atoms with E-state index in [9.17, 15) is 0 Å². The first-order valence-electron chi connectivity index (χ1n) is 4.09. The van der Waals surface area contributed by atoms with Crippen molar-refractivity contribution in [3.8, 4) is 0 Å². The number of hydrogen-bond donors (Lipinski definition) is 0. The van der Waals surface area contributed by atoms with Gasteiger partial charge < -0.3 is 0 Å². The second kappa shape index (κ2) is 2.93. The van der Waals surface area contributed by atoms with E-state index in [-0.39, 0.29) is 5.41 Å². The van der Waals surface area contributed by atoms with Crippen LogP contribution in [-0.2, 0) is 5.41 Å². The summed E-state index contributed by atoms with van der Waals surface area (Å²) in [5.74, 6) is 0.716. The van der Waals surface area contributed by atoms with Gasteiger partial charge in [0.25, 0.3) is 0 Å². The average molecular weight is 201 g/mol. The summed E-state index contributed by atoms with van der Waals surface area (Å²) in [7, 11) is 0. The molecule has 0 aliphatic heterocycles. The van der Waals surface area contributed by atoms with Crippen LogP contribution in [-0.4, -0.2) is 5.88 Å². The minimum absolute atomic E-state index is 0.256. The van der Waals surface area contributed by atoms with Crippen LogP contribution in [0.2, 0.25) is 5.02 Å². The summed E-state index contributed by atoms with van der Waals surface area (Å²) >= 11 is 11.8. The SMILES string of the molecule is ClCC1(c2cccc(Cl)c2)CC1. The Kier molecular flexibility index (Phi) is 2.05. The van der Waals surface area contributed by atoms with Crippen molar-refractivity contribution in [1.82, 2.24) is 0 Å². The molecule has 64 valence electrons. The molecule has 1 aromatic carbocycles. The highest BCUT2D eigenvalue weighted by atomic mass is 35.5. The van der Waals surface area contributed by atoms with Gasteiger partial charge in [0, 0.05) is 16.3 Å². The van der Waals surface area contributed by atoms with Gasteiger partial charge >= 0.3 is 0 Å². The first-order chi connectivity index (χ1) is 5.77. The summed E-state index contributed by atoms with van der Waals surface area (Å²) in [4.78, 5) is 0. The molecule has 12 heavy (non-hydrogen) atoms. The zero-order chi connectivity index (χ0) is 8.60. The topological polar surface area (TPSA) is 0 Å². The van der Waals surface area contributed by atoms with Crippen LogP contribution in [0.25, 0.3) is 0 Å². The summed E-state index contributed by atoms with van der Waals surface area (Å²) in [5, 5.41) is 0.809. The highest BCUT2D eigenvalue weighted by Gasteiger charge is 2.43. The fourth-order valence-electron chi connectivity index (χ4n) is 1.47. The standard InChI is InChI=1S/C10H10Cl2/c11-7-10(4-5-10)8-2-1-3-9(12)6-8/h1-3,6H,4-5,7H2. The minimum atomic E-state index is 0.256. The Balaban J connectivity index is 2.34. The smallest absolute Gasteiger partial charge is 0.0408 e. The van der Waals surface area contributed by atoms with Gasteiger partial charge in [0.15, 0.2) is 0 Å². The summed E-state index contributed by atoms with van der Waals surface area (Å²) in [5.41, 5.74) is 1.55. The second-order valence-electron chi connectivity index (χ2n) is 3.42.